The molecule has 0 saturated heterocycles. The number of hydrogen-bond donors (Lipinski definition) is 1. The Kier molecular flexibility index (Phi) is 4.37. The van der Waals surface area contributed by atoms with Crippen LogP contribution in [0.1, 0.15) is 19.7 Å². The standard InChI is InChI=1S/C13H15ClFN3O2/c1-3-19-7-13(2,16)12-17-11(20-18-12)9-5-4-8(15)6-10(9)14/h4-6H,3,7,16H2,1-2H3. The Hall–Kier alpha value is -1.50. The molecular formula is C13H15ClFN3O2. The Bertz CT molecular complexity index is 601. The Morgan fingerprint density at radius 1 is 1.50 bits per heavy atom. The normalized spacial score (nSPS) is 14.2. The lowest BCUT2D eigenvalue weighted by Gasteiger charge is -2.19. The summed E-state index contributed by atoms with van der Waals surface area (Å²) in [5.74, 6) is 0.0676. The molecule has 1 aromatic carbocycles. The molecule has 1 atom stereocenters. The van der Waals surface area contributed by atoms with Crippen molar-refractivity contribution >= 4 is 11.6 Å². The Labute approximate surface area is 120 Å². The predicted octanol–water partition coefficient (Wildman–Crippen LogP) is 2.74. The topological polar surface area (TPSA) is 74.2 Å². The highest BCUT2D eigenvalue weighted by Gasteiger charge is 2.28. The molecule has 108 valence electrons. The summed E-state index contributed by atoms with van der Waals surface area (Å²) < 4.78 is 23.4. The Balaban J connectivity index is 2.28. The quantitative estimate of drug-likeness (QED) is 0.919. The van der Waals surface area contributed by atoms with E-state index in [4.69, 9.17) is 26.6 Å². The highest BCUT2D eigenvalue weighted by Crippen LogP contribution is 2.28. The number of halogens is 2. The molecule has 0 aliphatic carbocycles. The smallest absolute Gasteiger partial charge is 0.259 e. The van der Waals surface area contributed by atoms with E-state index in [2.05, 4.69) is 10.1 Å². The van der Waals surface area contributed by atoms with Crippen molar-refractivity contribution in [1.29, 1.82) is 0 Å². The van der Waals surface area contributed by atoms with E-state index in [1.165, 1.54) is 18.2 Å². The van der Waals surface area contributed by atoms with E-state index in [9.17, 15) is 4.39 Å². The summed E-state index contributed by atoms with van der Waals surface area (Å²) in [6, 6.07) is 3.93. The molecule has 0 saturated carbocycles. The third-order valence-corrected chi connectivity index (χ3v) is 3.02. The van der Waals surface area contributed by atoms with Gasteiger partial charge in [0.1, 0.15) is 11.4 Å². The first-order valence-corrected chi connectivity index (χ1v) is 6.48. The highest BCUT2D eigenvalue weighted by molar-refractivity contribution is 6.33. The second-order valence-corrected chi connectivity index (χ2v) is 5.01. The summed E-state index contributed by atoms with van der Waals surface area (Å²) in [4.78, 5) is 4.21. The number of nitrogens with two attached hydrogens (primary N) is 1. The molecule has 0 bridgehead atoms. The van der Waals surface area contributed by atoms with E-state index >= 15 is 0 Å². The van der Waals surface area contributed by atoms with Crippen LogP contribution in [0.3, 0.4) is 0 Å². The SMILES string of the molecule is CCOCC(C)(N)c1noc(-c2ccc(F)cc2Cl)n1. The molecule has 2 aromatic rings. The van der Waals surface area contributed by atoms with Crippen molar-refractivity contribution in [3.8, 4) is 11.5 Å². The van der Waals surface area contributed by atoms with Gasteiger partial charge in [0.25, 0.3) is 5.89 Å². The Morgan fingerprint density at radius 2 is 2.25 bits per heavy atom. The minimum atomic E-state index is -0.871. The minimum Gasteiger partial charge on any atom is -0.379 e. The number of benzene rings is 1. The fourth-order valence-corrected chi connectivity index (χ4v) is 1.85. The summed E-state index contributed by atoms with van der Waals surface area (Å²) in [5, 5.41) is 4.04. The second-order valence-electron chi connectivity index (χ2n) is 4.60. The predicted molar refractivity (Wildman–Crippen MR) is 72.7 cm³/mol. The lowest BCUT2D eigenvalue weighted by atomic mass is 10.1. The van der Waals surface area contributed by atoms with Crippen molar-refractivity contribution in [2.75, 3.05) is 13.2 Å². The van der Waals surface area contributed by atoms with E-state index < -0.39 is 11.4 Å². The number of hydrogen-bond acceptors (Lipinski definition) is 5. The van der Waals surface area contributed by atoms with Gasteiger partial charge in [-0.25, -0.2) is 4.39 Å². The van der Waals surface area contributed by atoms with Crippen LogP contribution >= 0.6 is 11.6 Å². The molecule has 0 aliphatic heterocycles. The first-order chi connectivity index (χ1) is 9.44. The van der Waals surface area contributed by atoms with Crippen molar-refractivity contribution in [2.24, 2.45) is 5.73 Å². The van der Waals surface area contributed by atoms with Crippen LogP contribution < -0.4 is 5.73 Å². The third kappa shape index (κ3) is 3.15. The van der Waals surface area contributed by atoms with Gasteiger partial charge in [-0.1, -0.05) is 16.8 Å². The van der Waals surface area contributed by atoms with Crippen LogP contribution in [0.15, 0.2) is 22.7 Å². The van der Waals surface area contributed by atoms with Gasteiger partial charge in [0.15, 0.2) is 5.82 Å². The molecule has 0 fully saturated rings. The van der Waals surface area contributed by atoms with E-state index in [0.717, 1.165) is 0 Å². The van der Waals surface area contributed by atoms with E-state index in [-0.39, 0.29) is 17.5 Å². The molecule has 0 radical (unpaired) electrons. The zero-order valence-electron chi connectivity index (χ0n) is 11.2. The Morgan fingerprint density at radius 3 is 2.90 bits per heavy atom. The third-order valence-electron chi connectivity index (χ3n) is 2.70. The van der Waals surface area contributed by atoms with Gasteiger partial charge >= 0.3 is 0 Å². The number of nitrogens with zero attached hydrogens (tertiary/aromatic N) is 2. The molecule has 20 heavy (non-hydrogen) atoms. The first kappa shape index (κ1) is 14.9. The fourth-order valence-electron chi connectivity index (χ4n) is 1.61. The lowest BCUT2D eigenvalue weighted by molar-refractivity contribution is 0.0962. The first-order valence-electron chi connectivity index (χ1n) is 6.10. The van der Waals surface area contributed by atoms with Crippen LogP contribution in [0.2, 0.25) is 5.02 Å². The van der Waals surface area contributed by atoms with Crippen LogP contribution in [-0.2, 0) is 10.3 Å². The van der Waals surface area contributed by atoms with Crippen LogP contribution in [0.25, 0.3) is 11.5 Å². The van der Waals surface area contributed by atoms with Crippen molar-refractivity contribution in [3.63, 3.8) is 0 Å². The molecule has 0 aliphatic rings. The maximum atomic E-state index is 13.0. The molecule has 2 N–H and O–H groups in total. The van der Waals surface area contributed by atoms with Gasteiger partial charge in [0.2, 0.25) is 0 Å². The van der Waals surface area contributed by atoms with E-state index in [1.54, 1.807) is 6.92 Å². The number of ether oxygens (including phenoxy) is 1. The van der Waals surface area contributed by atoms with Gasteiger partial charge < -0.3 is 15.0 Å². The molecule has 5 nitrogen and oxygen atoms in total. The van der Waals surface area contributed by atoms with Crippen LogP contribution in [0.4, 0.5) is 4.39 Å². The molecule has 1 heterocycles. The van der Waals surface area contributed by atoms with Crippen molar-refractivity contribution in [1.82, 2.24) is 10.1 Å². The summed E-state index contributed by atoms with van der Waals surface area (Å²) in [6.07, 6.45) is 0. The fraction of sp³-hybridized carbons (Fsp3) is 0.385. The monoisotopic (exact) mass is 299 g/mol. The van der Waals surface area contributed by atoms with Gasteiger partial charge in [-0.2, -0.15) is 4.98 Å². The molecule has 1 aromatic heterocycles. The van der Waals surface area contributed by atoms with Crippen LogP contribution in [-0.4, -0.2) is 23.4 Å². The van der Waals surface area contributed by atoms with Gasteiger partial charge in [-0.3, -0.25) is 0 Å². The second kappa shape index (κ2) is 5.87. The minimum absolute atomic E-state index is 0.193. The molecule has 0 spiro atoms. The summed E-state index contributed by atoms with van der Waals surface area (Å²) >= 11 is 5.95. The van der Waals surface area contributed by atoms with Gasteiger partial charge in [0.05, 0.1) is 17.2 Å². The molecular weight excluding hydrogens is 285 g/mol. The van der Waals surface area contributed by atoms with Crippen molar-refractivity contribution in [2.45, 2.75) is 19.4 Å². The molecule has 2 rings (SSSR count). The largest absolute Gasteiger partial charge is 0.379 e. The van der Waals surface area contributed by atoms with Gasteiger partial charge in [-0.05, 0) is 32.0 Å². The van der Waals surface area contributed by atoms with Crippen LogP contribution in [0, 0.1) is 5.82 Å². The zero-order chi connectivity index (χ0) is 14.8. The average molecular weight is 300 g/mol. The number of aromatic nitrogens is 2. The van der Waals surface area contributed by atoms with Crippen LogP contribution in [0.5, 0.6) is 0 Å². The maximum absolute atomic E-state index is 13.0. The molecule has 0 amide bonds. The molecule has 7 heteroatoms. The number of rotatable bonds is 5. The lowest BCUT2D eigenvalue weighted by Crippen LogP contribution is -2.39. The zero-order valence-corrected chi connectivity index (χ0v) is 11.9. The summed E-state index contributed by atoms with van der Waals surface area (Å²) in [5.41, 5.74) is 5.66. The maximum Gasteiger partial charge on any atom is 0.259 e. The van der Waals surface area contributed by atoms with Crippen molar-refractivity contribution < 1.29 is 13.7 Å². The average Bonchev–Trinajstić information content (AvgIpc) is 2.86. The summed E-state index contributed by atoms with van der Waals surface area (Å²) in [7, 11) is 0. The molecule has 1 unspecified atom stereocenters. The summed E-state index contributed by atoms with van der Waals surface area (Å²) in [6.45, 7) is 4.42. The van der Waals surface area contributed by atoms with Gasteiger partial charge in [0, 0.05) is 6.61 Å². The van der Waals surface area contributed by atoms with E-state index in [0.29, 0.717) is 18.0 Å². The van der Waals surface area contributed by atoms with E-state index in [1.807, 2.05) is 6.92 Å². The van der Waals surface area contributed by atoms with Gasteiger partial charge in [-0.15, -0.1) is 0 Å². The van der Waals surface area contributed by atoms with Crippen molar-refractivity contribution in [3.05, 3.63) is 34.9 Å². The highest BCUT2D eigenvalue weighted by atomic mass is 35.5.